The Morgan fingerprint density at radius 2 is 1.80 bits per heavy atom. The first-order valence-electron chi connectivity index (χ1n) is 9.74. The molecule has 1 aromatic carbocycles. The van der Waals surface area contributed by atoms with E-state index in [4.69, 9.17) is 10.5 Å². The fourth-order valence-corrected chi connectivity index (χ4v) is 4.66. The zero-order valence-corrected chi connectivity index (χ0v) is 15.5. The SMILES string of the molecule is Cc1ccccc1C1(CNC(=O)C2(CN)CCOCC2)CCCCC1. The van der Waals surface area contributed by atoms with Crippen LogP contribution >= 0.6 is 0 Å². The second-order valence-corrected chi connectivity index (χ2v) is 7.94. The van der Waals surface area contributed by atoms with Gasteiger partial charge >= 0.3 is 0 Å². The van der Waals surface area contributed by atoms with Gasteiger partial charge in [-0.3, -0.25) is 4.79 Å². The third kappa shape index (κ3) is 3.75. The van der Waals surface area contributed by atoms with E-state index in [1.165, 1.54) is 30.4 Å². The summed E-state index contributed by atoms with van der Waals surface area (Å²) in [6, 6.07) is 8.66. The van der Waals surface area contributed by atoms with Crippen molar-refractivity contribution in [3.05, 3.63) is 35.4 Å². The van der Waals surface area contributed by atoms with Crippen LogP contribution < -0.4 is 11.1 Å². The normalized spacial score (nSPS) is 22.3. The van der Waals surface area contributed by atoms with Gasteiger partial charge in [-0.25, -0.2) is 0 Å². The van der Waals surface area contributed by atoms with Gasteiger partial charge in [-0.15, -0.1) is 0 Å². The Kier molecular flexibility index (Phi) is 5.80. The third-order valence-corrected chi connectivity index (χ3v) is 6.44. The van der Waals surface area contributed by atoms with E-state index in [1.807, 2.05) is 0 Å². The quantitative estimate of drug-likeness (QED) is 0.863. The van der Waals surface area contributed by atoms with Gasteiger partial charge in [-0.1, -0.05) is 43.5 Å². The molecule has 0 aromatic heterocycles. The Bertz CT molecular complexity index is 587. The van der Waals surface area contributed by atoms with Crippen molar-refractivity contribution in [3.8, 4) is 0 Å². The second kappa shape index (κ2) is 7.88. The minimum absolute atomic E-state index is 0.0697. The maximum Gasteiger partial charge on any atom is 0.227 e. The largest absolute Gasteiger partial charge is 0.381 e. The lowest BCUT2D eigenvalue weighted by Crippen LogP contribution is -2.52. The average molecular weight is 344 g/mol. The van der Waals surface area contributed by atoms with Gasteiger partial charge in [0.25, 0.3) is 0 Å². The van der Waals surface area contributed by atoms with Gasteiger partial charge < -0.3 is 15.8 Å². The zero-order valence-electron chi connectivity index (χ0n) is 15.5. The van der Waals surface area contributed by atoms with Gasteiger partial charge in [0.1, 0.15) is 0 Å². The predicted octanol–water partition coefficient (Wildman–Crippen LogP) is 3.07. The van der Waals surface area contributed by atoms with Gasteiger partial charge in [0, 0.05) is 31.7 Å². The molecule has 0 atom stereocenters. The molecule has 1 aromatic rings. The van der Waals surface area contributed by atoms with Crippen molar-refractivity contribution in [3.63, 3.8) is 0 Å². The molecule has 0 radical (unpaired) electrons. The van der Waals surface area contributed by atoms with E-state index in [0.717, 1.165) is 32.2 Å². The van der Waals surface area contributed by atoms with E-state index in [0.29, 0.717) is 19.8 Å². The van der Waals surface area contributed by atoms with E-state index in [1.54, 1.807) is 0 Å². The van der Waals surface area contributed by atoms with Crippen LogP contribution in [0, 0.1) is 12.3 Å². The lowest BCUT2D eigenvalue weighted by Gasteiger charge is -2.41. The van der Waals surface area contributed by atoms with Crippen LogP contribution in [0.3, 0.4) is 0 Å². The first-order chi connectivity index (χ1) is 12.1. The minimum atomic E-state index is -0.445. The molecule has 1 saturated carbocycles. The second-order valence-electron chi connectivity index (χ2n) is 7.94. The fourth-order valence-electron chi connectivity index (χ4n) is 4.66. The summed E-state index contributed by atoms with van der Waals surface area (Å²) in [7, 11) is 0. The highest BCUT2D eigenvalue weighted by Crippen LogP contribution is 2.40. The van der Waals surface area contributed by atoms with Crippen LogP contribution in [0.1, 0.15) is 56.1 Å². The molecule has 1 aliphatic carbocycles. The molecular weight excluding hydrogens is 312 g/mol. The van der Waals surface area contributed by atoms with E-state index >= 15 is 0 Å². The van der Waals surface area contributed by atoms with E-state index < -0.39 is 5.41 Å². The molecule has 1 amide bonds. The number of aryl methyl sites for hydroxylation is 1. The predicted molar refractivity (Wildman–Crippen MR) is 100 cm³/mol. The van der Waals surface area contributed by atoms with E-state index in [9.17, 15) is 4.79 Å². The Morgan fingerprint density at radius 3 is 2.44 bits per heavy atom. The van der Waals surface area contributed by atoms with Crippen LogP contribution in [-0.4, -0.2) is 32.2 Å². The topological polar surface area (TPSA) is 64.4 Å². The molecule has 4 nitrogen and oxygen atoms in total. The number of nitrogens with one attached hydrogen (secondary N) is 1. The average Bonchev–Trinajstić information content (AvgIpc) is 2.67. The summed E-state index contributed by atoms with van der Waals surface area (Å²) in [4.78, 5) is 13.0. The monoisotopic (exact) mass is 344 g/mol. The first-order valence-corrected chi connectivity index (χ1v) is 9.74. The van der Waals surface area contributed by atoms with Crippen LogP contribution in [0.4, 0.5) is 0 Å². The number of hydrogen-bond acceptors (Lipinski definition) is 3. The van der Waals surface area contributed by atoms with E-state index in [2.05, 4.69) is 36.5 Å². The smallest absolute Gasteiger partial charge is 0.227 e. The number of amides is 1. The van der Waals surface area contributed by atoms with Gasteiger partial charge in [0.2, 0.25) is 5.91 Å². The molecular formula is C21H32N2O2. The molecule has 0 unspecified atom stereocenters. The van der Waals surface area contributed by atoms with Crippen LogP contribution in [0.5, 0.6) is 0 Å². The van der Waals surface area contributed by atoms with Crippen LogP contribution in [-0.2, 0) is 14.9 Å². The van der Waals surface area contributed by atoms with Crippen molar-refractivity contribution in [2.45, 2.75) is 57.3 Å². The molecule has 0 bridgehead atoms. The van der Waals surface area contributed by atoms with Crippen LogP contribution in [0.25, 0.3) is 0 Å². The summed E-state index contributed by atoms with van der Waals surface area (Å²) in [5.74, 6) is 0.122. The van der Waals surface area contributed by atoms with Gasteiger partial charge in [0.15, 0.2) is 0 Å². The molecule has 0 spiro atoms. The van der Waals surface area contributed by atoms with E-state index in [-0.39, 0.29) is 11.3 Å². The lowest BCUT2D eigenvalue weighted by atomic mass is 9.68. The van der Waals surface area contributed by atoms with Crippen molar-refractivity contribution < 1.29 is 9.53 Å². The van der Waals surface area contributed by atoms with Gasteiger partial charge in [-0.05, 0) is 43.7 Å². The Balaban J connectivity index is 1.77. The highest BCUT2D eigenvalue weighted by Gasteiger charge is 2.41. The van der Waals surface area contributed by atoms with Crippen molar-refractivity contribution in [2.75, 3.05) is 26.3 Å². The Labute approximate surface area is 151 Å². The zero-order chi connectivity index (χ0) is 17.8. The summed E-state index contributed by atoms with van der Waals surface area (Å²) in [5, 5.41) is 3.31. The fraction of sp³-hybridized carbons (Fsp3) is 0.667. The van der Waals surface area contributed by atoms with Crippen LogP contribution in [0.15, 0.2) is 24.3 Å². The van der Waals surface area contributed by atoms with Gasteiger partial charge in [0.05, 0.1) is 5.41 Å². The summed E-state index contributed by atoms with van der Waals surface area (Å²) < 4.78 is 5.44. The summed E-state index contributed by atoms with van der Waals surface area (Å²) in [6.07, 6.45) is 7.53. The number of ether oxygens (including phenoxy) is 1. The van der Waals surface area contributed by atoms with Crippen molar-refractivity contribution in [1.82, 2.24) is 5.32 Å². The minimum Gasteiger partial charge on any atom is -0.381 e. The molecule has 1 heterocycles. The maximum absolute atomic E-state index is 13.0. The Hall–Kier alpha value is -1.39. The number of carbonyl (C=O) groups excluding carboxylic acids is 1. The number of hydrogen-bond donors (Lipinski definition) is 2. The van der Waals surface area contributed by atoms with Crippen LogP contribution in [0.2, 0.25) is 0 Å². The maximum atomic E-state index is 13.0. The lowest BCUT2D eigenvalue weighted by molar-refractivity contribution is -0.136. The molecule has 3 N–H and O–H groups in total. The number of carbonyl (C=O) groups is 1. The molecule has 3 rings (SSSR count). The Morgan fingerprint density at radius 1 is 1.12 bits per heavy atom. The summed E-state index contributed by atoms with van der Waals surface area (Å²) >= 11 is 0. The summed E-state index contributed by atoms with van der Waals surface area (Å²) in [5.41, 5.74) is 8.36. The van der Waals surface area contributed by atoms with Gasteiger partial charge in [-0.2, -0.15) is 0 Å². The first kappa shape index (κ1) is 18.4. The van der Waals surface area contributed by atoms with Crippen molar-refractivity contribution in [1.29, 1.82) is 0 Å². The number of benzene rings is 1. The molecule has 2 aliphatic rings. The van der Waals surface area contributed by atoms with Crippen molar-refractivity contribution in [2.24, 2.45) is 11.1 Å². The highest BCUT2D eigenvalue weighted by molar-refractivity contribution is 5.83. The molecule has 2 fully saturated rings. The summed E-state index contributed by atoms with van der Waals surface area (Å²) in [6.45, 7) is 4.58. The standard InChI is InChI=1S/C21H32N2O2/c1-17-7-3-4-8-18(17)21(9-5-2-6-10-21)16-23-19(24)20(15-22)11-13-25-14-12-20/h3-4,7-8H,2,5-6,9-16,22H2,1H3,(H,23,24). The number of rotatable bonds is 5. The molecule has 1 aliphatic heterocycles. The third-order valence-electron chi connectivity index (χ3n) is 6.44. The molecule has 138 valence electrons. The molecule has 25 heavy (non-hydrogen) atoms. The molecule has 4 heteroatoms. The molecule has 1 saturated heterocycles. The highest BCUT2D eigenvalue weighted by atomic mass is 16.5. The van der Waals surface area contributed by atoms with Crippen molar-refractivity contribution >= 4 is 5.91 Å². The number of nitrogens with two attached hydrogens (primary N) is 1.